The predicted molar refractivity (Wildman–Crippen MR) is 135 cm³/mol. The summed E-state index contributed by atoms with van der Waals surface area (Å²) in [5.41, 5.74) is 4.56. The van der Waals surface area contributed by atoms with Crippen LogP contribution in [-0.4, -0.2) is 78.7 Å². The fourth-order valence-corrected chi connectivity index (χ4v) is 4.66. The molecule has 2 aliphatic rings. The quantitative estimate of drug-likeness (QED) is 0.595. The highest BCUT2D eigenvalue weighted by Gasteiger charge is 2.23. The van der Waals surface area contributed by atoms with E-state index in [1.54, 1.807) is 0 Å². The van der Waals surface area contributed by atoms with Gasteiger partial charge in [-0.3, -0.25) is 0 Å². The number of aromatic nitrogens is 2. The highest BCUT2D eigenvalue weighted by Crippen LogP contribution is 2.26. The van der Waals surface area contributed by atoms with E-state index in [1.165, 1.54) is 24.9 Å². The van der Waals surface area contributed by atoms with Crippen molar-refractivity contribution >= 4 is 11.5 Å². The number of nitrogens with one attached hydrogen (secondary N) is 1. The van der Waals surface area contributed by atoms with Crippen molar-refractivity contribution in [2.45, 2.75) is 52.5 Å². The molecule has 1 aromatic carbocycles. The standard InChI is InChI=1S/C26H40N6/c1-5-31(23-8-6-9-23)15-7-14-27-25-20(2)21(3)28-26(29-25)22-10-12-24(13-11-22)32-18-16-30(4)17-19-32/h10-13,23H,5-9,14-19H2,1-4H3,(H,27,28,29). The molecule has 1 aromatic heterocycles. The topological polar surface area (TPSA) is 47.5 Å². The molecule has 174 valence electrons. The fraction of sp³-hybridized carbons (Fsp3) is 0.615. The van der Waals surface area contributed by atoms with Crippen LogP contribution in [-0.2, 0) is 0 Å². The van der Waals surface area contributed by atoms with Gasteiger partial charge in [-0.15, -0.1) is 0 Å². The first-order chi connectivity index (χ1) is 15.5. The lowest BCUT2D eigenvalue weighted by molar-refractivity contribution is 0.134. The van der Waals surface area contributed by atoms with Gasteiger partial charge in [-0.1, -0.05) is 13.3 Å². The van der Waals surface area contributed by atoms with E-state index < -0.39 is 0 Å². The average Bonchev–Trinajstić information content (AvgIpc) is 2.77. The maximum atomic E-state index is 4.90. The molecule has 2 heterocycles. The Morgan fingerprint density at radius 3 is 2.38 bits per heavy atom. The number of hydrogen-bond acceptors (Lipinski definition) is 6. The summed E-state index contributed by atoms with van der Waals surface area (Å²) in [6.45, 7) is 14.2. The summed E-state index contributed by atoms with van der Waals surface area (Å²) in [5.74, 6) is 1.78. The summed E-state index contributed by atoms with van der Waals surface area (Å²) in [4.78, 5) is 17.2. The summed E-state index contributed by atoms with van der Waals surface area (Å²) in [5, 5.41) is 3.59. The van der Waals surface area contributed by atoms with Crippen LogP contribution >= 0.6 is 0 Å². The Labute approximate surface area is 194 Å². The molecule has 0 spiro atoms. The SMILES string of the molecule is CCN(CCCNc1nc(-c2ccc(N3CCN(C)CC3)cc2)nc(C)c1C)C1CCC1. The summed E-state index contributed by atoms with van der Waals surface area (Å²) in [6.07, 6.45) is 5.30. The van der Waals surface area contributed by atoms with Gasteiger partial charge in [-0.25, -0.2) is 9.97 Å². The van der Waals surface area contributed by atoms with Crippen molar-refractivity contribution < 1.29 is 0 Å². The van der Waals surface area contributed by atoms with Crippen LogP contribution in [0.5, 0.6) is 0 Å². The third-order valence-electron chi connectivity index (χ3n) is 7.29. The summed E-state index contributed by atoms with van der Waals surface area (Å²) in [7, 11) is 2.19. The van der Waals surface area contributed by atoms with Gasteiger partial charge in [0.2, 0.25) is 0 Å². The maximum absolute atomic E-state index is 4.90. The minimum atomic E-state index is 0.810. The lowest BCUT2D eigenvalue weighted by Gasteiger charge is -2.36. The van der Waals surface area contributed by atoms with E-state index in [0.29, 0.717) is 0 Å². The van der Waals surface area contributed by atoms with Gasteiger partial charge in [-0.2, -0.15) is 0 Å². The molecule has 32 heavy (non-hydrogen) atoms. The Balaban J connectivity index is 1.38. The predicted octanol–water partition coefficient (Wildman–Crippen LogP) is 4.19. The lowest BCUT2D eigenvalue weighted by atomic mass is 9.91. The van der Waals surface area contributed by atoms with E-state index >= 15 is 0 Å². The van der Waals surface area contributed by atoms with Crippen molar-refractivity contribution in [3.63, 3.8) is 0 Å². The first-order valence-electron chi connectivity index (χ1n) is 12.4. The van der Waals surface area contributed by atoms with Crippen LogP contribution in [0.3, 0.4) is 0 Å². The van der Waals surface area contributed by atoms with E-state index in [-0.39, 0.29) is 0 Å². The fourth-order valence-electron chi connectivity index (χ4n) is 4.66. The molecule has 0 bridgehead atoms. The van der Waals surface area contributed by atoms with Gasteiger partial charge in [0.25, 0.3) is 0 Å². The lowest BCUT2D eigenvalue weighted by Crippen LogP contribution is -2.44. The molecular formula is C26H40N6. The third kappa shape index (κ3) is 5.41. The second-order valence-corrected chi connectivity index (χ2v) is 9.44. The normalized spacial score (nSPS) is 17.6. The van der Waals surface area contributed by atoms with Crippen molar-refractivity contribution in [1.82, 2.24) is 19.8 Å². The summed E-state index contributed by atoms with van der Waals surface area (Å²) >= 11 is 0. The van der Waals surface area contributed by atoms with E-state index in [4.69, 9.17) is 9.97 Å². The number of rotatable bonds is 9. The molecule has 1 saturated carbocycles. The van der Waals surface area contributed by atoms with Crippen molar-refractivity contribution in [2.24, 2.45) is 0 Å². The Bertz CT molecular complexity index is 869. The molecule has 0 radical (unpaired) electrons. The van der Waals surface area contributed by atoms with Gasteiger partial charge in [0.15, 0.2) is 5.82 Å². The van der Waals surface area contributed by atoms with Gasteiger partial charge in [0.1, 0.15) is 5.82 Å². The molecule has 0 unspecified atom stereocenters. The van der Waals surface area contributed by atoms with E-state index in [0.717, 1.165) is 86.7 Å². The van der Waals surface area contributed by atoms with Gasteiger partial charge in [0.05, 0.1) is 0 Å². The van der Waals surface area contributed by atoms with Crippen LogP contribution in [0, 0.1) is 13.8 Å². The van der Waals surface area contributed by atoms with Crippen molar-refractivity contribution in [2.75, 3.05) is 63.1 Å². The Morgan fingerprint density at radius 2 is 1.75 bits per heavy atom. The number of anilines is 2. The molecule has 1 N–H and O–H groups in total. The van der Waals surface area contributed by atoms with E-state index in [9.17, 15) is 0 Å². The number of hydrogen-bond donors (Lipinski definition) is 1. The minimum Gasteiger partial charge on any atom is -0.370 e. The summed E-state index contributed by atoms with van der Waals surface area (Å²) in [6, 6.07) is 9.58. The Morgan fingerprint density at radius 1 is 1.03 bits per heavy atom. The molecule has 1 aliphatic carbocycles. The molecule has 0 atom stereocenters. The minimum absolute atomic E-state index is 0.810. The Kier molecular flexibility index (Phi) is 7.63. The van der Waals surface area contributed by atoms with E-state index in [1.807, 2.05) is 0 Å². The number of benzene rings is 1. The zero-order valence-corrected chi connectivity index (χ0v) is 20.4. The van der Waals surface area contributed by atoms with Crippen molar-refractivity contribution in [3.05, 3.63) is 35.5 Å². The second kappa shape index (κ2) is 10.6. The molecule has 0 amide bonds. The van der Waals surface area contributed by atoms with Crippen LogP contribution in [0.4, 0.5) is 11.5 Å². The Hall–Kier alpha value is -2.18. The molecule has 2 fully saturated rings. The maximum Gasteiger partial charge on any atom is 0.161 e. The van der Waals surface area contributed by atoms with Crippen LogP contribution in [0.2, 0.25) is 0 Å². The molecule has 6 heteroatoms. The average molecular weight is 437 g/mol. The first-order valence-corrected chi connectivity index (χ1v) is 12.4. The number of likely N-dealkylation sites (N-methyl/N-ethyl adjacent to an activating group) is 1. The number of aryl methyl sites for hydroxylation is 1. The monoisotopic (exact) mass is 436 g/mol. The molecule has 6 nitrogen and oxygen atoms in total. The highest BCUT2D eigenvalue weighted by molar-refractivity contribution is 5.63. The van der Waals surface area contributed by atoms with Crippen LogP contribution in [0.15, 0.2) is 24.3 Å². The third-order valence-corrected chi connectivity index (χ3v) is 7.29. The van der Waals surface area contributed by atoms with Crippen LogP contribution < -0.4 is 10.2 Å². The first kappa shape index (κ1) is 23.0. The zero-order chi connectivity index (χ0) is 22.5. The van der Waals surface area contributed by atoms with E-state index in [2.05, 4.69) is 72.1 Å². The largest absolute Gasteiger partial charge is 0.370 e. The second-order valence-electron chi connectivity index (χ2n) is 9.44. The molecule has 2 aromatic rings. The highest BCUT2D eigenvalue weighted by atomic mass is 15.2. The number of nitrogens with zero attached hydrogens (tertiary/aromatic N) is 5. The molecular weight excluding hydrogens is 396 g/mol. The van der Waals surface area contributed by atoms with Crippen LogP contribution in [0.25, 0.3) is 11.4 Å². The van der Waals surface area contributed by atoms with Crippen LogP contribution in [0.1, 0.15) is 43.9 Å². The van der Waals surface area contributed by atoms with Crippen molar-refractivity contribution in [1.29, 1.82) is 0 Å². The van der Waals surface area contributed by atoms with Gasteiger partial charge in [-0.05, 0) is 71.0 Å². The molecule has 4 rings (SSSR count). The number of piperazine rings is 1. The smallest absolute Gasteiger partial charge is 0.161 e. The molecule has 1 saturated heterocycles. The van der Waals surface area contributed by atoms with Gasteiger partial charge < -0.3 is 20.0 Å². The zero-order valence-electron chi connectivity index (χ0n) is 20.4. The van der Waals surface area contributed by atoms with Gasteiger partial charge in [0, 0.05) is 67.8 Å². The van der Waals surface area contributed by atoms with Gasteiger partial charge >= 0.3 is 0 Å². The molecule has 1 aliphatic heterocycles. The summed E-state index contributed by atoms with van der Waals surface area (Å²) < 4.78 is 0. The van der Waals surface area contributed by atoms with Crippen molar-refractivity contribution in [3.8, 4) is 11.4 Å².